The van der Waals surface area contributed by atoms with Crippen LogP contribution in [0.25, 0.3) is 0 Å². The molecule has 1 aromatic carbocycles. The minimum absolute atomic E-state index is 0.0424. The van der Waals surface area contributed by atoms with Crippen LogP contribution in [0.2, 0.25) is 0 Å². The minimum Gasteiger partial charge on any atom is -0.466 e. The Hall–Kier alpha value is -1.84. The molecule has 4 heteroatoms. The van der Waals surface area contributed by atoms with Crippen LogP contribution in [0.1, 0.15) is 56.6 Å². The Morgan fingerprint density at radius 3 is 2.36 bits per heavy atom. The molecule has 0 N–H and O–H groups in total. The molecule has 0 spiro atoms. The number of hydrogen-bond donors (Lipinski definition) is 0. The van der Waals surface area contributed by atoms with E-state index in [4.69, 9.17) is 9.47 Å². The molecule has 0 aliphatic heterocycles. The highest BCUT2D eigenvalue weighted by molar-refractivity contribution is 5.79. The van der Waals surface area contributed by atoms with Gasteiger partial charge in [-0.1, -0.05) is 32.3 Å². The smallest absolute Gasteiger partial charge is 0.311 e. The van der Waals surface area contributed by atoms with Crippen molar-refractivity contribution in [1.29, 1.82) is 0 Å². The fourth-order valence-electron chi connectivity index (χ4n) is 1.95. The molecular weight excluding hydrogens is 280 g/mol. The van der Waals surface area contributed by atoms with Crippen molar-refractivity contribution < 1.29 is 19.1 Å². The first-order valence-electron chi connectivity index (χ1n) is 7.96. The van der Waals surface area contributed by atoms with Gasteiger partial charge in [0, 0.05) is 0 Å². The van der Waals surface area contributed by atoms with E-state index in [0.717, 1.165) is 36.8 Å². The molecule has 1 aromatic rings. The lowest BCUT2D eigenvalue weighted by Gasteiger charge is -2.07. The molecule has 0 radical (unpaired) electrons. The van der Waals surface area contributed by atoms with Gasteiger partial charge in [-0.05, 0) is 43.5 Å². The lowest BCUT2D eigenvalue weighted by atomic mass is 10.1. The molecule has 0 saturated carbocycles. The molecule has 0 aromatic heterocycles. The largest absolute Gasteiger partial charge is 0.466 e. The van der Waals surface area contributed by atoms with E-state index in [2.05, 4.69) is 6.92 Å². The molecular formula is C18H26O4. The van der Waals surface area contributed by atoms with Gasteiger partial charge in [0.25, 0.3) is 0 Å². The first-order chi connectivity index (χ1) is 10.5. The van der Waals surface area contributed by atoms with Gasteiger partial charge in [0.05, 0.1) is 19.4 Å². The molecule has 0 atom stereocenters. The lowest BCUT2D eigenvalue weighted by molar-refractivity contribution is -0.147. The molecule has 1 rings (SSSR count). The van der Waals surface area contributed by atoms with Gasteiger partial charge in [0.15, 0.2) is 0 Å². The average molecular weight is 306 g/mol. The van der Waals surface area contributed by atoms with E-state index in [0.29, 0.717) is 12.4 Å². The SMILES string of the molecule is CCCCCCOC(=O)CCC(=O)Oc1ccc(C)c(C)c1. The maximum absolute atomic E-state index is 11.7. The highest BCUT2D eigenvalue weighted by atomic mass is 16.5. The zero-order valence-electron chi connectivity index (χ0n) is 13.8. The van der Waals surface area contributed by atoms with Crippen LogP contribution < -0.4 is 4.74 Å². The van der Waals surface area contributed by atoms with Gasteiger partial charge < -0.3 is 9.47 Å². The van der Waals surface area contributed by atoms with Crippen LogP contribution in [-0.2, 0) is 14.3 Å². The third kappa shape index (κ3) is 7.25. The Balaban J connectivity index is 2.22. The van der Waals surface area contributed by atoms with Gasteiger partial charge in [-0.15, -0.1) is 0 Å². The summed E-state index contributed by atoms with van der Waals surface area (Å²) in [5.74, 6) is -0.235. The molecule has 122 valence electrons. The Morgan fingerprint density at radius 1 is 0.955 bits per heavy atom. The summed E-state index contributed by atoms with van der Waals surface area (Å²) in [6.45, 7) is 6.53. The Labute approximate surface area is 132 Å². The summed E-state index contributed by atoms with van der Waals surface area (Å²) < 4.78 is 10.3. The van der Waals surface area contributed by atoms with E-state index in [1.807, 2.05) is 26.0 Å². The topological polar surface area (TPSA) is 52.6 Å². The first-order valence-corrected chi connectivity index (χ1v) is 7.96. The van der Waals surface area contributed by atoms with Crippen LogP contribution in [0.15, 0.2) is 18.2 Å². The molecule has 4 nitrogen and oxygen atoms in total. The number of benzene rings is 1. The summed E-state index contributed by atoms with van der Waals surface area (Å²) in [6, 6.07) is 5.48. The van der Waals surface area contributed by atoms with E-state index < -0.39 is 5.97 Å². The summed E-state index contributed by atoms with van der Waals surface area (Å²) >= 11 is 0. The second-order valence-corrected chi connectivity index (χ2v) is 5.50. The van der Waals surface area contributed by atoms with Crippen LogP contribution in [0.3, 0.4) is 0 Å². The minimum atomic E-state index is -0.411. The predicted octanol–water partition coefficient (Wildman–Crippen LogP) is 4.11. The fraction of sp³-hybridized carbons (Fsp3) is 0.556. The molecule has 0 bridgehead atoms. The number of esters is 2. The molecule has 0 heterocycles. The van der Waals surface area contributed by atoms with Gasteiger partial charge in [-0.25, -0.2) is 0 Å². The Bertz CT molecular complexity index is 494. The van der Waals surface area contributed by atoms with Crippen LogP contribution in [0.5, 0.6) is 5.75 Å². The number of ether oxygens (including phenoxy) is 2. The number of rotatable bonds is 9. The second kappa shape index (κ2) is 9.98. The van der Waals surface area contributed by atoms with Crippen LogP contribution in [-0.4, -0.2) is 18.5 Å². The van der Waals surface area contributed by atoms with Crippen molar-refractivity contribution in [2.24, 2.45) is 0 Å². The summed E-state index contributed by atoms with van der Waals surface area (Å²) in [4.78, 5) is 23.2. The van der Waals surface area contributed by atoms with Gasteiger partial charge in [-0.2, -0.15) is 0 Å². The van der Waals surface area contributed by atoms with Gasteiger partial charge in [0.1, 0.15) is 5.75 Å². The fourth-order valence-corrected chi connectivity index (χ4v) is 1.95. The third-order valence-corrected chi connectivity index (χ3v) is 3.50. The number of aryl methyl sites for hydroxylation is 2. The van der Waals surface area contributed by atoms with Crippen molar-refractivity contribution in [2.45, 2.75) is 59.3 Å². The van der Waals surface area contributed by atoms with Gasteiger partial charge in [0.2, 0.25) is 0 Å². The number of carbonyl (C=O) groups excluding carboxylic acids is 2. The van der Waals surface area contributed by atoms with E-state index in [9.17, 15) is 9.59 Å². The van der Waals surface area contributed by atoms with Crippen molar-refractivity contribution in [3.05, 3.63) is 29.3 Å². The number of carbonyl (C=O) groups is 2. The standard InChI is InChI=1S/C18H26O4/c1-4-5-6-7-12-21-17(19)10-11-18(20)22-16-9-8-14(2)15(3)13-16/h8-9,13H,4-7,10-12H2,1-3H3. The van der Waals surface area contributed by atoms with Crippen LogP contribution >= 0.6 is 0 Å². The summed E-state index contributed by atoms with van der Waals surface area (Å²) in [5.41, 5.74) is 2.21. The van der Waals surface area contributed by atoms with E-state index >= 15 is 0 Å². The normalized spacial score (nSPS) is 10.3. The monoisotopic (exact) mass is 306 g/mol. The van der Waals surface area contributed by atoms with Crippen molar-refractivity contribution in [1.82, 2.24) is 0 Å². The van der Waals surface area contributed by atoms with E-state index in [1.165, 1.54) is 0 Å². The predicted molar refractivity (Wildman–Crippen MR) is 85.9 cm³/mol. The van der Waals surface area contributed by atoms with Crippen molar-refractivity contribution in [2.75, 3.05) is 6.61 Å². The zero-order chi connectivity index (χ0) is 16.4. The van der Waals surface area contributed by atoms with Crippen molar-refractivity contribution in [3.63, 3.8) is 0 Å². The van der Waals surface area contributed by atoms with E-state index in [-0.39, 0.29) is 18.8 Å². The van der Waals surface area contributed by atoms with Gasteiger partial charge in [-0.3, -0.25) is 9.59 Å². The molecule has 0 fully saturated rings. The molecule has 0 unspecified atom stereocenters. The van der Waals surface area contributed by atoms with Gasteiger partial charge >= 0.3 is 11.9 Å². The quantitative estimate of drug-likeness (QED) is 0.391. The molecule has 0 amide bonds. The molecule has 22 heavy (non-hydrogen) atoms. The molecule has 0 aliphatic rings. The second-order valence-electron chi connectivity index (χ2n) is 5.50. The summed E-state index contributed by atoms with van der Waals surface area (Å²) in [5, 5.41) is 0. The first kappa shape index (κ1) is 18.2. The Kier molecular flexibility index (Phi) is 8.26. The molecule has 0 aliphatic carbocycles. The van der Waals surface area contributed by atoms with Crippen molar-refractivity contribution >= 4 is 11.9 Å². The lowest BCUT2D eigenvalue weighted by Crippen LogP contribution is -2.13. The maximum atomic E-state index is 11.7. The highest BCUT2D eigenvalue weighted by Gasteiger charge is 2.10. The number of unbranched alkanes of at least 4 members (excludes halogenated alkanes) is 3. The van der Waals surface area contributed by atoms with E-state index in [1.54, 1.807) is 6.07 Å². The van der Waals surface area contributed by atoms with Crippen LogP contribution in [0, 0.1) is 13.8 Å². The van der Waals surface area contributed by atoms with Crippen molar-refractivity contribution in [3.8, 4) is 5.75 Å². The average Bonchev–Trinajstić information content (AvgIpc) is 2.49. The van der Waals surface area contributed by atoms with Crippen LogP contribution in [0.4, 0.5) is 0 Å². The highest BCUT2D eigenvalue weighted by Crippen LogP contribution is 2.17. The zero-order valence-corrected chi connectivity index (χ0v) is 13.8. The molecule has 0 saturated heterocycles. The summed E-state index contributed by atoms with van der Waals surface area (Å²) in [7, 11) is 0. The Morgan fingerprint density at radius 2 is 1.68 bits per heavy atom. The number of hydrogen-bond acceptors (Lipinski definition) is 4. The third-order valence-electron chi connectivity index (χ3n) is 3.50. The summed E-state index contributed by atoms with van der Waals surface area (Å²) in [6.07, 6.45) is 4.36. The maximum Gasteiger partial charge on any atom is 0.311 e.